The van der Waals surface area contributed by atoms with Crippen LogP contribution in [-0.2, 0) is 11.2 Å². The summed E-state index contributed by atoms with van der Waals surface area (Å²) in [6.45, 7) is 7.58. The van der Waals surface area contributed by atoms with Crippen LogP contribution >= 0.6 is 11.3 Å². The van der Waals surface area contributed by atoms with Crippen molar-refractivity contribution in [3.05, 3.63) is 101 Å². The van der Waals surface area contributed by atoms with Gasteiger partial charge >= 0.3 is 0 Å². The number of amides is 1. The largest absolute Gasteiger partial charge is 0.365 e. The number of pyridine rings is 1. The molecule has 1 aliphatic heterocycles. The molecule has 1 amide bonds. The van der Waals surface area contributed by atoms with Crippen molar-refractivity contribution in [1.82, 2.24) is 15.3 Å². The average Bonchev–Trinajstić information content (AvgIpc) is 3.09. The van der Waals surface area contributed by atoms with Crippen LogP contribution in [0.4, 0.5) is 16.6 Å². The van der Waals surface area contributed by atoms with E-state index in [9.17, 15) is 4.79 Å². The number of nitrogens with one attached hydrogen (secondary N) is 3. The molecule has 2 aromatic heterocycles. The fraction of sp³-hybridized carbons (Fsp3) is 0.115. The van der Waals surface area contributed by atoms with E-state index >= 15 is 0 Å². The monoisotopic (exact) mass is 455 g/mol. The van der Waals surface area contributed by atoms with E-state index in [-0.39, 0.29) is 5.91 Å². The van der Waals surface area contributed by atoms with E-state index in [0.29, 0.717) is 5.69 Å². The van der Waals surface area contributed by atoms with Crippen molar-refractivity contribution in [2.75, 3.05) is 10.6 Å². The fourth-order valence-corrected chi connectivity index (χ4v) is 4.11. The second-order valence-electron chi connectivity index (χ2n) is 7.67. The van der Waals surface area contributed by atoms with Crippen molar-refractivity contribution in [3.63, 3.8) is 0 Å². The van der Waals surface area contributed by atoms with Crippen LogP contribution in [0.1, 0.15) is 17.4 Å². The van der Waals surface area contributed by atoms with Gasteiger partial charge in [0, 0.05) is 34.2 Å². The average molecular weight is 456 g/mol. The van der Waals surface area contributed by atoms with Crippen molar-refractivity contribution >= 4 is 33.9 Å². The number of hydrogen-bond donors (Lipinski definition) is 3. The van der Waals surface area contributed by atoms with Crippen LogP contribution in [-0.4, -0.2) is 15.9 Å². The zero-order valence-corrected chi connectivity index (χ0v) is 19.4. The second-order valence-corrected chi connectivity index (χ2v) is 8.91. The third-order valence-electron chi connectivity index (χ3n) is 4.88. The van der Waals surface area contributed by atoms with Gasteiger partial charge in [0.05, 0.1) is 5.69 Å². The van der Waals surface area contributed by atoms with Crippen LogP contribution in [0, 0.1) is 6.92 Å². The molecule has 4 rings (SSSR count). The molecule has 1 aromatic carbocycles. The Hall–Kier alpha value is -3.97. The summed E-state index contributed by atoms with van der Waals surface area (Å²) in [5, 5.41) is 10.2. The number of carbonyl (C=O) groups excluding carboxylic acids is 1. The van der Waals surface area contributed by atoms with Gasteiger partial charge in [-0.25, -0.2) is 9.97 Å². The first-order chi connectivity index (χ1) is 16.0. The van der Waals surface area contributed by atoms with Crippen LogP contribution in [0.25, 0.3) is 11.3 Å². The topological polar surface area (TPSA) is 78.9 Å². The lowest BCUT2D eigenvalue weighted by molar-refractivity contribution is -0.111. The van der Waals surface area contributed by atoms with Gasteiger partial charge in [-0.05, 0) is 73.9 Å². The molecule has 7 heteroatoms. The summed E-state index contributed by atoms with van der Waals surface area (Å²) in [4.78, 5) is 22.1. The van der Waals surface area contributed by atoms with Gasteiger partial charge in [-0.15, -0.1) is 11.3 Å². The van der Waals surface area contributed by atoms with Gasteiger partial charge in [-0.3, -0.25) is 4.79 Å². The molecule has 3 aromatic rings. The Bertz CT molecular complexity index is 1290. The number of aromatic nitrogens is 2. The van der Waals surface area contributed by atoms with E-state index in [2.05, 4.69) is 51.8 Å². The van der Waals surface area contributed by atoms with Crippen LogP contribution in [0.3, 0.4) is 0 Å². The Balaban J connectivity index is 1.71. The first kappa shape index (κ1) is 22.2. The van der Waals surface area contributed by atoms with E-state index < -0.39 is 0 Å². The molecule has 1 aliphatic rings. The highest BCUT2D eigenvalue weighted by Crippen LogP contribution is 2.28. The summed E-state index contributed by atoms with van der Waals surface area (Å²) in [5.74, 6) is 0.473. The summed E-state index contributed by atoms with van der Waals surface area (Å²) in [6.07, 6.45) is 12.0. The number of allylic oxidation sites excluding steroid dienone is 5. The van der Waals surface area contributed by atoms with E-state index in [1.54, 1.807) is 11.3 Å². The Labute approximate surface area is 197 Å². The predicted molar refractivity (Wildman–Crippen MR) is 136 cm³/mol. The van der Waals surface area contributed by atoms with Crippen molar-refractivity contribution in [2.24, 2.45) is 0 Å². The minimum atomic E-state index is -0.250. The third-order valence-corrected chi connectivity index (χ3v) is 5.71. The smallest absolute Gasteiger partial charge is 0.247 e. The Morgan fingerprint density at radius 1 is 1.24 bits per heavy atom. The number of carbonyl (C=O) groups is 1. The highest BCUT2D eigenvalue weighted by molar-refractivity contribution is 7.15. The molecule has 0 saturated carbocycles. The van der Waals surface area contributed by atoms with Crippen molar-refractivity contribution in [1.29, 1.82) is 0 Å². The predicted octanol–water partition coefficient (Wildman–Crippen LogP) is 5.87. The minimum Gasteiger partial charge on any atom is -0.365 e. The quantitative estimate of drug-likeness (QED) is 0.388. The highest BCUT2D eigenvalue weighted by atomic mass is 32.1. The first-order valence-corrected chi connectivity index (χ1v) is 11.3. The molecule has 166 valence electrons. The maximum atomic E-state index is 11.7. The normalized spacial score (nSPS) is 12.8. The Morgan fingerprint density at radius 2 is 2.12 bits per heavy atom. The lowest BCUT2D eigenvalue weighted by atomic mass is 10.0. The summed E-state index contributed by atoms with van der Waals surface area (Å²) < 4.78 is 0. The van der Waals surface area contributed by atoms with E-state index in [1.165, 1.54) is 11.6 Å². The number of rotatable bonds is 7. The van der Waals surface area contributed by atoms with Gasteiger partial charge in [0.2, 0.25) is 5.91 Å². The van der Waals surface area contributed by atoms with Crippen LogP contribution < -0.4 is 16.0 Å². The summed E-state index contributed by atoms with van der Waals surface area (Å²) in [7, 11) is 0. The Kier molecular flexibility index (Phi) is 6.80. The van der Waals surface area contributed by atoms with Crippen molar-refractivity contribution in [2.45, 2.75) is 20.3 Å². The van der Waals surface area contributed by atoms with Crippen LogP contribution in [0.2, 0.25) is 0 Å². The summed E-state index contributed by atoms with van der Waals surface area (Å²) >= 11 is 1.58. The van der Waals surface area contributed by atoms with Gasteiger partial charge in [-0.1, -0.05) is 24.8 Å². The third kappa shape index (κ3) is 6.05. The molecule has 0 aliphatic carbocycles. The Morgan fingerprint density at radius 3 is 2.91 bits per heavy atom. The number of nitrogens with zero attached hydrogens (tertiary/aromatic N) is 2. The number of thiazole rings is 1. The minimum absolute atomic E-state index is 0.250. The van der Waals surface area contributed by atoms with Crippen LogP contribution in [0.5, 0.6) is 0 Å². The molecule has 0 atom stereocenters. The van der Waals surface area contributed by atoms with Gasteiger partial charge in [0.15, 0.2) is 5.13 Å². The van der Waals surface area contributed by atoms with Crippen LogP contribution in [0.15, 0.2) is 90.9 Å². The lowest BCUT2D eigenvalue weighted by Crippen LogP contribution is -2.07. The van der Waals surface area contributed by atoms with Gasteiger partial charge < -0.3 is 16.0 Å². The number of anilines is 3. The molecule has 3 heterocycles. The summed E-state index contributed by atoms with van der Waals surface area (Å²) in [5.41, 5.74) is 5.79. The molecule has 3 N–H and O–H groups in total. The first-order valence-electron chi connectivity index (χ1n) is 10.5. The maximum absolute atomic E-state index is 11.7. The molecule has 0 saturated heterocycles. The maximum Gasteiger partial charge on any atom is 0.247 e. The van der Waals surface area contributed by atoms with Gasteiger partial charge in [0.25, 0.3) is 0 Å². The highest BCUT2D eigenvalue weighted by Gasteiger charge is 2.10. The zero-order valence-electron chi connectivity index (χ0n) is 18.6. The molecular formula is C26H25N5OS. The molecule has 0 bridgehead atoms. The SMILES string of the molecule is C=CC(=O)Nc1cccc(-c2cc(CC3=CC=CNC(C)=C3)cc(Nc3ncc(C)s3)n2)c1. The zero-order chi connectivity index (χ0) is 23.2. The van der Waals surface area contributed by atoms with Gasteiger partial charge in [-0.2, -0.15) is 0 Å². The fourth-order valence-electron chi connectivity index (χ4n) is 3.44. The molecule has 0 unspecified atom stereocenters. The molecule has 0 spiro atoms. The number of aryl methyl sites for hydroxylation is 1. The van der Waals surface area contributed by atoms with E-state index in [4.69, 9.17) is 4.98 Å². The van der Waals surface area contributed by atoms with Crippen molar-refractivity contribution < 1.29 is 4.79 Å². The molecule has 6 nitrogen and oxygen atoms in total. The standard InChI is InChI=1S/C26H25N5OS/c1-4-25(32)29-22-9-5-8-21(15-22)23-13-20(12-19-7-6-10-27-17(2)11-19)14-24(30-23)31-26-28-16-18(3)33-26/h4-11,13-16,27H,1,12H2,2-3H3,(H,29,32)(H,28,30,31). The molecule has 0 fully saturated rings. The molecular weight excluding hydrogens is 430 g/mol. The molecule has 33 heavy (non-hydrogen) atoms. The molecule has 0 radical (unpaired) electrons. The van der Waals surface area contributed by atoms with E-state index in [0.717, 1.165) is 44.8 Å². The summed E-state index contributed by atoms with van der Waals surface area (Å²) in [6, 6.07) is 11.8. The van der Waals surface area contributed by atoms with Gasteiger partial charge in [0.1, 0.15) is 5.82 Å². The number of hydrogen-bond acceptors (Lipinski definition) is 6. The second kappa shape index (κ2) is 10.1. The van der Waals surface area contributed by atoms with Crippen molar-refractivity contribution in [3.8, 4) is 11.3 Å². The lowest BCUT2D eigenvalue weighted by Gasteiger charge is -2.12. The van der Waals surface area contributed by atoms with E-state index in [1.807, 2.05) is 56.6 Å². The number of benzene rings is 1.